The second-order valence-electron chi connectivity index (χ2n) is 3.64. The molecule has 0 aliphatic heterocycles. The van der Waals surface area contributed by atoms with Gasteiger partial charge in [0.2, 0.25) is 0 Å². The predicted molar refractivity (Wildman–Crippen MR) is 86.2 cm³/mol. The van der Waals surface area contributed by atoms with Crippen LogP contribution < -0.4 is 5.73 Å². The van der Waals surface area contributed by atoms with E-state index in [1.54, 1.807) is 12.1 Å². The van der Waals surface area contributed by atoms with Gasteiger partial charge in [-0.05, 0) is 62.9 Å². The van der Waals surface area contributed by atoms with Gasteiger partial charge in [-0.1, -0.05) is 0 Å². The summed E-state index contributed by atoms with van der Waals surface area (Å²) in [4.78, 5) is 20.1. The smallest absolute Gasteiger partial charge is 0.490 e. The molecule has 0 saturated heterocycles. The minimum absolute atomic E-state index is 0.206. The molecular weight excluding hydrogens is 537 g/mol. The van der Waals surface area contributed by atoms with Gasteiger partial charge in [0.05, 0.1) is 14.3 Å². The first-order chi connectivity index (χ1) is 9.91. The Labute approximate surface area is 150 Å². The van der Waals surface area contributed by atoms with Crippen molar-refractivity contribution in [2.24, 2.45) is 5.73 Å². The normalized spacial score (nSPS) is 12.0. The molecule has 4 N–H and O–H groups in total. The first kappa shape index (κ1) is 21.2. The van der Waals surface area contributed by atoms with E-state index in [1.165, 1.54) is 7.11 Å². The molecule has 0 spiro atoms. The third kappa shape index (κ3) is 6.51. The molecule has 0 radical (unpaired) electrons. The molecule has 1 rings (SSSR count). The summed E-state index contributed by atoms with van der Waals surface area (Å²) in [6.45, 7) is 0. The minimum atomic E-state index is -5.08. The predicted octanol–water partition coefficient (Wildman–Crippen LogP) is 2.41. The number of hydrogen-bond donors (Lipinski definition) is 3. The van der Waals surface area contributed by atoms with Crippen LogP contribution in [0.4, 0.5) is 13.2 Å². The van der Waals surface area contributed by atoms with Crippen molar-refractivity contribution in [3.8, 4) is 5.75 Å². The van der Waals surface area contributed by atoms with Crippen molar-refractivity contribution in [1.82, 2.24) is 0 Å². The SMILES string of the molecule is COC(=O)[C@H](N)c1cc(I)c(O)c(I)c1.O=C(O)C(F)(F)F. The van der Waals surface area contributed by atoms with Gasteiger partial charge < -0.3 is 20.7 Å². The van der Waals surface area contributed by atoms with Gasteiger partial charge in [0.1, 0.15) is 11.8 Å². The Hall–Kier alpha value is -0.830. The molecule has 0 aliphatic rings. The van der Waals surface area contributed by atoms with E-state index in [9.17, 15) is 23.1 Å². The quantitative estimate of drug-likeness (QED) is 0.388. The van der Waals surface area contributed by atoms with E-state index < -0.39 is 24.2 Å². The molecule has 124 valence electrons. The van der Waals surface area contributed by atoms with Crippen LogP contribution in [0.5, 0.6) is 5.75 Å². The second-order valence-corrected chi connectivity index (χ2v) is 5.96. The van der Waals surface area contributed by atoms with Crippen molar-refractivity contribution < 1.29 is 37.7 Å². The van der Waals surface area contributed by atoms with Crippen molar-refractivity contribution in [2.45, 2.75) is 12.2 Å². The molecule has 22 heavy (non-hydrogen) atoms. The summed E-state index contributed by atoms with van der Waals surface area (Å²) in [7, 11) is 1.29. The van der Waals surface area contributed by atoms with Crippen molar-refractivity contribution in [1.29, 1.82) is 0 Å². The number of aromatic hydroxyl groups is 1. The Kier molecular flexibility index (Phi) is 8.38. The maximum atomic E-state index is 11.2. The molecule has 1 atom stereocenters. The van der Waals surface area contributed by atoms with Crippen LogP contribution in [0.2, 0.25) is 0 Å². The lowest BCUT2D eigenvalue weighted by Gasteiger charge is -2.11. The fraction of sp³-hybridized carbons (Fsp3) is 0.273. The first-order valence-corrected chi connectivity index (χ1v) is 7.39. The van der Waals surface area contributed by atoms with Crippen molar-refractivity contribution >= 4 is 57.1 Å². The molecular formula is C11H10F3I2NO5. The van der Waals surface area contributed by atoms with Crippen LogP contribution >= 0.6 is 45.2 Å². The van der Waals surface area contributed by atoms with E-state index in [-0.39, 0.29) is 5.75 Å². The summed E-state index contributed by atoms with van der Waals surface area (Å²) < 4.78 is 37.6. The maximum Gasteiger partial charge on any atom is 0.490 e. The molecule has 0 heterocycles. The Balaban J connectivity index is 0.000000534. The Morgan fingerprint density at radius 3 is 1.91 bits per heavy atom. The number of hydrogen-bond acceptors (Lipinski definition) is 5. The van der Waals surface area contributed by atoms with E-state index >= 15 is 0 Å². The summed E-state index contributed by atoms with van der Waals surface area (Å²) in [5.74, 6) is -3.04. The lowest BCUT2D eigenvalue weighted by molar-refractivity contribution is -0.192. The van der Waals surface area contributed by atoms with Gasteiger partial charge in [-0.3, -0.25) is 4.79 Å². The molecule has 0 unspecified atom stereocenters. The lowest BCUT2D eigenvalue weighted by Crippen LogP contribution is -2.22. The maximum absolute atomic E-state index is 11.2. The van der Waals surface area contributed by atoms with E-state index in [0.29, 0.717) is 12.7 Å². The zero-order chi connectivity index (χ0) is 17.7. The lowest BCUT2D eigenvalue weighted by atomic mass is 10.1. The molecule has 11 heteroatoms. The highest BCUT2D eigenvalue weighted by molar-refractivity contribution is 14.1. The summed E-state index contributed by atoms with van der Waals surface area (Å²) in [6.07, 6.45) is -5.08. The average Bonchev–Trinajstić information content (AvgIpc) is 2.42. The number of halogens is 5. The molecule has 1 aromatic carbocycles. The number of ether oxygens (including phenoxy) is 1. The van der Waals surface area contributed by atoms with E-state index in [1.807, 2.05) is 45.2 Å². The number of esters is 1. The molecule has 0 bridgehead atoms. The van der Waals surface area contributed by atoms with Crippen LogP contribution in [0.1, 0.15) is 11.6 Å². The number of carboxylic acids is 1. The van der Waals surface area contributed by atoms with Crippen molar-refractivity contribution in [3.05, 3.63) is 24.8 Å². The topological polar surface area (TPSA) is 110 Å². The summed E-state index contributed by atoms with van der Waals surface area (Å²) in [6, 6.07) is 2.52. The first-order valence-electron chi connectivity index (χ1n) is 5.23. The largest absolute Gasteiger partial charge is 0.506 e. The molecule has 6 nitrogen and oxygen atoms in total. The fourth-order valence-electron chi connectivity index (χ4n) is 1.03. The second kappa shape index (κ2) is 8.71. The highest BCUT2D eigenvalue weighted by Gasteiger charge is 2.38. The fourth-order valence-corrected chi connectivity index (χ4v) is 2.84. The number of phenolic OH excluding ortho intramolecular Hbond substituents is 1. The van der Waals surface area contributed by atoms with Gasteiger partial charge in [-0.25, -0.2) is 4.79 Å². The standard InChI is InChI=1S/C9H9I2NO3.C2HF3O2/c1-15-9(14)7(12)4-2-5(10)8(13)6(11)3-4;3-2(4,5)1(6)7/h2-3,7,13H,12H2,1H3;(H,6,7)/t7-;/m1./s1. The van der Waals surface area contributed by atoms with E-state index in [4.69, 9.17) is 15.6 Å². The van der Waals surface area contributed by atoms with Crippen LogP contribution in [0.3, 0.4) is 0 Å². The van der Waals surface area contributed by atoms with Gasteiger partial charge in [-0.2, -0.15) is 13.2 Å². The monoisotopic (exact) mass is 547 g/mol. The number of methoxy groups -OCH3 is 1. The van der Waals surface area contributed by atoms with Gasteiger partial charge in [0, 0.05) is 0 Å². The van der Waals surface area contributed by atoms with Crippen molar-refractivity contribution in [2.75, 3.05) is 7.11 Å². The molecule has 0 aliphatic carbocycles. The summed E-state index contributed by atoms with van der Waals surface area (Å²) in [5, 5.41) is 16.7. The number of phenols is 1. The number of carbonyl (C=O) groups excluding carboxylic acids is 1. The molecule has 1 aromatic rings. The highest BCUT2D eigenvalue weighted by Crippen LogP contribution is 2.29. The number of alkyl halides is 3. The van der Waals surface area contributed by atoms with Crippen LogP contribution in [-0.4, -0.2) is 35.4 Å². The van der Waals surface area contributed by atoms with Gasteiger partial charge in [0.15, 0.2) is 0 Å². The third-order valence-corrected chi connectivity index (χ3v) is 3.74. The minimum Gasteiger partial charge on any atom is -0.506 e. The zero-order valence-corrected chi connectivity index (χ0v) is 15.1. The van der Waals surface area contributed by atoms with Crippen LogP contribution in [0.15, 0.2) is 12.1 Å². The van der Waals surface area contributed by atoms with Crippen LogP contribution in [0, 0.1) is 7.14 Å². The summed E-state index contributed by atoms with van der Waals surface area (Å²) in [5.41, 5.74) is 6.31. The third-order valence-electron chi connectivity index (χ3n) is 2.10. The molecule has 0 aromatic heterocycles. The zero-order valence-electron chi connectivity index (χ0n) is 10.8. The average molecular weight is 547 g/mol. The molecule has 0 amide bonds. The Morgan fingerprint density at radius 2 is 1.64 bits per heavy atom. The number of rotatable bonds is 2. The van der Waals surface area contributed by atoms with Crippen molar-refractivity contribution in [3.63, 3.8) is 0 Å². The highest BCUT2D eigenvalue weighted by atomic mass is 127. The Morgan fingerprint density at radius 1 is 1.27 bits per heavy atom. The number of benzene rings is 1. The summed E-state index contributed by atoms with van der Waals surface area (Å²) >= 11 is 3.96. The van der Waals surface area contributed by atoms with E-state index in [2.05, 4.69) is 4.74 Å². The molecule has 0 fully saturated rings. The van der Waals surface area contributed by atoms with Gasteiger partial charge >= 0.3 is 18.1 Å². The van der Waals surface area contributed by atoms with Gasteiger partial charge in [0.25, 0.3) is 0 Å². The Bertz CT molecular complexity index is 542. The van der Waals surface area contributed by atoms with Crippen LogP contribution in [-0.2, 0) is 14.3 Å². The number of nitrogens with two attached hydrogens (primary N) is 1. The van der Waals surface area contributed by atoms with E-state index in [0.717, 1.165) is 0 Å². The number of carboxylic acid groups (broad SMARTS) is 1. The van der Waals surface area contributed by atoms with Gasteiger partial charge in [-0.15, -0.1) is 0 Å². The number of carbonyl (C=O) groups is 2. The molecule has 0 saturated carbocycles. The van der Waals surface area contributed by atoms with Crippen LogP contribution in [0.25, 0.3) is 0 Å². The number of aliphatic carboxylic acids is 1.